The zero-order chi connectivity index (χ0) is 12.3. The van der Waals surface area contributed by atoms with Gasteiger partial charge in [-0.25, -0.2) is 0 Å². The van der Waals surface area contributed by atoms with E-state index in [2.05, 4.69) is 61.8 Å². The summed E-state index contributed by atoms with van der Waals surface area (Å²) in [5, 5.41) is 3.58. The van der Waals surface area contributed by atoms with Crippen molar-refractivity contribution in [1.82, 2.24) is 0 Å². The Bertz CT molecular complexity index is 490. The van der Waals surface area contributed by atoms with Gasteiger partial charge in [0.1, 0.15) is 0 Å². The Morgan fingerprint density at radius 3 is 2.59 bits per heavy atom. The molecule has 0 radical (unpaired) electrons. The lowest BCUT2D eigenvalue weighted by Crippen LogP contribution is -2.05. The summed E-state index contributed by atoms with van der Waals surface area (Å²) < 4.78 is 0. The van der Waals surface area contributed by atoms with Crippen LogP contribution in [-0.2, 0) is 0 Å². The van der Waals surface area contributed by atoms with Gasteiger partial charge in [-0.3, -0.25) is 0 Å². The summed E-state index contributed by atoms with van der Waals surface area (Å²) in [5.41, 5.74) is 1.22. The van der Waals surface area contributed by atoms with Gasteiger partial charge < -0.3 is 5.32 Å². The quantitative estimate of drug-likeness (QED) is 0.783. The van der Waals surface area contributed by atoms with Crippen LogP contribution in [-0.4, -0.2) is 6.26 Å². The van der Waals surface area contributed by atoms with E-state index in [0.717, 1.165) is 0 Å². The van der Waals surface area contributed by atoms with E-state index < -0.39 is 0 Å². The highest BCUT2D eigenvalue weighted by atomic mass is 32.2. The maximum absolute atomic E-state index is 3.58. The first-order chi connectivity index (χ1) is 8.20. The molecule has 17 heavy (non-hydrogen) atoms. The predicted octanol–water partition coefficient (Wildman–Crippen LogP) is 4.95. The summed E-state index contributed by atoms with van der Waals surface area (Å²) >= 11 is 3.64. The molecule has 1 heterocycles. The van der Waals surface area contributed by atoms with Crippen molar-refractivity contribution in [2.75, 3.05) is 11.6 Å². The molecular formula is C14H17NS2. The zero-order valence-electron chi connectivity index (χ0n) is 10.4. The molecule has 1 atom stereocenters. The monoisotopic (exact) mass is 263 g/mol. The van der Waals surface area contributed by atoms with Crippen molar-refractivity contribution >= 4 is 28.8 Å². The van der Waals surface area contributed by atoms with Crippen LogP contribution in [0.15, 0.2) is 41.3 Å². The molecule has 0 bridgehead atoms. The Labute approximate surface area is 111 Å². The highest BCUT2D eigenvalue weighted by Gasteiger charge is 2.09. The van der Waals surface area contributed by atoms with Gasteiger partial charge in [0.25, 0.3) is 0 Å². The average molecular weight is 263 g/mol. The minimum absolute atomic E-state index is 0.363. The molecule has 90 valence electrons. The van der Waals surface area contributed by atoms with E-state index in [1.165, 1.54) is 20.3 Å². The van der Waals surface area contributed by atoms with Crippen LogP contribution in [0.4, 0.5) is 5.69 Å². The van der Waals surface area contributed by atoms with E-state index in [4.69, 9.17) is 0 Å². The zero-order valence-corrected chi connectivity index (χ0v) is 12.0. The first-order valence-electron chi connectivity index (χ1n) is 5.66. The van der Waals surface area contributed by atoms with Crippen molar-refractivity contribution in [1.29, 1.82) is 0 Å². The Hall–Kier alpha value is -0.930. The van der Waals surface area contributed by atoms with Gasteiger partial charge in [0, 0.05) is 20.3 Å². The minimum atomic E-state index is 0.363. The molecule has 0 amide bonds. The Balaban J connectivity index is 2.15. The second-order valence-electron chi connectivity index (χ2n) is 4.01. The predicted molar refractivity (Wildman–Crippen MR) is 79.3 cm³/mol. The molecular weight excluding hydrogens is 246 g/mol. The molecule has 3 heteroatoms. The molecule has 0 aliphatic heterocycles. The fourth-order valence-corrected chi connectivity index (χ4v) is 3.20. The molecule has 2 aromatic rings. The van der Waals surface area contributed by atoms with Crippen LogP contribution in [0.2, 0.25) is 0 Å². The molecule has 0 saturated carbocycles. The molecule has 1 N–H and O–H groups in total. The van der Waals surface area contributed by atoms with E-state index in [-0.39, 0.29) is 0 Å². The summed E-state index contributed by atoms with van der Waals surface area (Å²) in [6.45, 7) is 4.36. The van der Waals surface area contributed by atoms with Crippen LogP contribution >= 0.6 is 23.1 Å². The number of thiophene rings is 1. The maximum Gasteiger partial charge on any atom is 0.0578 e. The van der Waals surface area contributed by atoms with Crippen LogP contribution in [0.1, 0.15) is 22.7 Å². The van der Waals surface area contributed by atoms with Crippen molar-refractivity contribution in [3.8, 4) is 0 Å². The third kappa shape index (κ3) is 3.05. The molecule has 2 rings (SSSR count). The largest absolute Gasteiger partial charge is 0.377 e. The summed E-state index contributed by atoms with van der Waals surface area (Å²) in [6, 6.07) is 13.2. The highest BCUT2D eigenvalue weighted by Crippen LogP contribution is 2.30. The molecule has 0 aliphatic rings. The van der Waals surface area contributed by atoms with E-state index in [1.54, 1.807) is 11.8 Å². The van der Waals surface area contributed by atoms with Gasteiger partial charge >= 0.3 is 0 Å². The standard InChI is InChI=1S/C14H17NS2/c1-10-8-9-13(17-10)11(2)15-12-6-4-5-7-14(12)16-3/h4-9,11,15H,1-3H3. The number of thioether (sulfide) groups is 1. The number of anilines is 1. The van der Waals surface area contributed by atoms with Gasteiger partial charge in [-0.15, -0.1) is 23.1 Å². The SMILES string of the molecule is CSc1ccccc1NC(C)c1ccc(C)s1. The molecule has 1 unspecified atom stereocenters. The first-order valence-corrected chi connectivity index (χ1v) is 7.70. The lowest BCUT2D eigenvalue weighted by atomic mass is 10.2. The highest BCUT2D eigenvalue weighted by molar-refractivity contribution is 7.98. The summed E-state index contributed by atoms with van der Waals surface area (Å²) in [6.07, 6.45) is 2.11. The van der Waals surface area contributed by atoms with Gasteiger partial charge in [0.15, 0.2) is 0 Å². The van der Waals surface area contributed by atoms with Crippen molar-refractivity contribution in [2.24, 2.45) is 0 Å². The third-order valence-electron chi connectivity index (χ3n) is 2.67. The van der Waals surface area contributed by atoms with Crippen molar-refractivity contribution in [2.45, 2.75) is 24.8 Å². The fourth-order valence-electron chi connectivity index (χ4n) is 1.75. The Kier molecular flexibility index (Phi) is 4.13. The second-order valence-corrected chi connectivity index (χ2v) is 6.18. The van der Waals surface area contributed by atoms with Crippen molar-refractivity contribution in [3.05, 3.63) is 46.2 Å². The lowest BCUT2D eigenvalue weighted by molar-refractivity contribution is 0.902. The minimum Gasteiger partial charge on any atom is -0.377 e. The van der Waals surface area contributed by atoms with Gasteiger partial charge in [-0.2, -0.15) is 0 Å². The van der Waals surface area contributed by atoms with Gasteiger partial charge in [-0.1, -0.05) is 12.1 Å². The Morgan fingerprint density at radius 1 is 1.18 bits per heavy atom. The number of hydrogen-bond acceptors (Lipinski definition) is 3. The number of para-hydroxylation sites is 1. The van der Waals surface area contributed by atoms with Crippen molar-refractivity contribution in [3.63, 3.8) is 0 Å². The Morgan fingerprint density at radius 2 is 1.94 bits per heavy atom. The fraction of sp³-hybridized carbons (Fsp3) is 0.286. The summed E-state index contributed by atoms with van der Waals surface area (Å²) in [7, 11) is 0. The number of rotatable bonds is 4. The molecule has 1 aromatic carbocycles. The third-order valence-corrected chi connectivity index (χ3v) is 4.65. The van der Waals surface area contributed by atoms with Crippen LogP contribution in [0.3, 0.4) is 0 Å². The molecule has 0 aliphatic carbocycles. The smallest absolute Gasteiger partial charge is 0.0578 e. The molecule has 0 spiro atoms. The van der Waals surface area contributed by atoms with Gasteiger partial charge in [-0.05, 0) is 44.4 Å². The van der Waals surface area contributed by atoms with Gasteiger partial charge in [0.05, 0.1) is 6.04 Å². The van der Waals surface area contributed by atoms with E-state index in [1.807, 2.05) is 11.3 Å². The van der Waals surface area contributed by atoms with Gasteiger partial charge in [0.2, 0.25) is 0 Å². The van der Waals surface area contributed by atoms with Crippen LogP contribution in [0.5, 0.6) is 0 Å². The average Bonchev–Trinajstić information content (AvgIpc) is 2.77. The van der Waals surface area contributed by atoms with E-state index in [0.29, 0.717) is 6.04 Å². The molecule has 1 aromatic heterocycles. The number of benzene rings is 1. The molecule has 0 saturated heterocycles. The van der Waals surface area contributed by atoms with Crippen LogP contribution < -0.4 is 5.32 Å². The summed E-state index contributed by atoms with van der Waals surface area (Å²) in [5.74, 6) is 0. The van der Waals surface area contributed by atoms with Crippen LogP contribution in [0, 0.1) is 6.92 Å². The van der Waals surface area contributed by atoms with Crippen molar-refractivity contribution < 1.29 is 0 Å². The van der Waals surface area contributed by atoms with E-state index >= 15 is 0 Å². The first kappa shape index (κ1) is 12.5. The summed E-state index contributed by atoms with van der Waals surface area (Å²) in [4.78, 5) is 4.05. The molecule has 1 nitrogen and oxygen atoms in total. The number of aryl methyl sites for hydroxylation is 1. The van der Waals surface area contributed by atoms with Crippen LogP contribution in [0.25, 0.3) is 0 Å². The molecule has 0 fully saturated rings. The topological polar surface area (TPSA) is 12.0 Å². The second kappa shape index (κ2) is 5.61. The van der Waals surface area contributed by atoms with E-state index in [9.17, 15) is 0 Å². The number of hydrogen-bond donors (Lipinski definition) is 1. The maximum atomic E-state index is 3.58. The normalized spacial score (nSPS) is 12.4. The number of nitrogens with one attached hydrogen (secondary N) is 1. The lowest BCUT2D eigenvalue weighted by Gasteiger charge is -2.16.